The highest BCUT2D eigenvalue weighted by atomic mass is 35.5. The molecule has 110 valence electrons. The van der Waals surface area contributed by atoms with E-state index in [2.05, 4.69) is 20.8 Å². The van der Waals surface area contributed by atoms with E-state index in [4.69, 9.17) is 27.5 Å². The Morgan fingerprint density at radius 2 is 1.71 bits per heavy atom. The van der Waals surface area contributed by atoms with E-state index in [-0.39, 0.29) is 11.3 Å². The largest absolute Gasteiger partial charge is 0.456 e. The third kappa shape index (κ3) is 3.76. The van der Waals surface area contributed by atoms with Gasteiger partial charge in [-0.25, -0.2) is 0 Å². The smallest absolute Gasteiger partial charge is 0.146 e. The molecule has 2 rings (SSSR count). The number of nitrogen functional groups attached to an aromatic ring is 1. The molecule has 0 bridgehead atoms. The Morgan fingerprint density at radius 3 is 2.19 bits per heavy atom. The zero-order valence-electron chi connectivity index (χ0n) is 12.4. The Balaban J connectivity index is 2.20. The van der Waals surface area contributed by atoms with Crippen LogP contribution < -0.4 is 10.5 Å². The third-order valence-electron chi connectivity index (χ3n) is 3.19. The lowest BCUT2D eigenvalue weighted by Gasteiger charge is -2.19. The third-order valence-corrected chi connectivity index (χ3v) is 3.49. The SMILES string of the molecule is CC(C)(C)c1ccc(Oc2ccc(C(=N)N)cc2Cl)cc1. The van der Waals surface area contributed by atoms with Gasteiger partial charge >= 0.3 is 0 Å². The maximum atomic E-state index is 7.38. The molecule has 0 atom stereocenters. The van der Waals surface area contributed by atoms with Crippen LogP contribution in [-0.2, 0) is 5.41 Å². The Bertz CT molecular complexity index is 657. The monoisotopic (exact) mass is 302 g/mol. The maximum absolute atomic E-state index is 7.38. The van der Waals surface area contributed by atoms with Crippen LogP contribution in [0.3, 0.4) is 0 Å². The van der Waals surface area contributed by atoms with Crippen molar-refractivity contribution in [1.82, 2.24) is 0 Å². The molecule has 2 aromatic carbocycles. The number of hydrogen-bond acceptors (Lipinski definition) is 2. The standard InChI is InChI=1S/C17H19ClN2O/c1-17(2,3)12-5-7-13(8-6-12)21-15-9-4-11(16(19)20)10-14(15)18/h4-10H,1-3H3,(H3,19,20). The van der Waals surface area contributed by atoms with Gasteiger partial charge in [0.05, 0.1) is 5.02 Å². The fourth-order valence-electron chi connectivity index (χ4n) is 1.90. The van der Waals surface area contributed by atoms with Crippen LogP contribution in [-0.4, -0.2) is 5.84 Å². The molecule has 0 aliphatic heterocycles. The molecule has 21 heavy (non-hydrogen) atoms. The number of nitrogens with two attached hydrogens (primary N) is 1. The van der Waals surface area contributed by atoms with Crippen molar-refractivity contribution < 1.29 is 4.74 Å². The lowest BCUT2D eigenvalue weighted by atomic mass is 9.87. The van der Waals surface area contributed by atoms with Gasteiger partial charge in [0.1, 0.15) is 17.3 Å². The van der Waals surface area contributed by atoms with E-state index in [0.29, 0.717) is 16.3 Å². The van der Waals surface area contributed by atoms with Gasteiger partial charge in [-0.15, -0.1) is 0 Å². The fraction of sp³-hybridized carbons (Fsp3) is 0.235. The Hall–Kier alpha value is -2.00. The average Bonchev–Trinajstić information content (AvgIpc) is 2.40. The van der Waals surface area contributed by atoms with Gasteiger partial charge in [-0.1, -0.05) is 44.5 Å². The van der Waals surface area contributed by atoms with Gasteiger partial charge in [-0.05, 0) is 41.3 Å². The first-order valence-electron chi connectivity index (χ1n) is 6.70. The Morgan fingerprint density at radius 1 is 1.10 bits per heavy atom. The quantitative estimate of drug-likeness (QED) is 0.637. The van der Waals surface area contributed by atoms with Crippen LogP contribution in [0.5, 0.6) is 11.5 Å². The van der Waals surface area contributed by atoms with Gasteiger partial charge in [0.15, 0.2) is 0 Å². The average molecular weight is 303 g/mol. The minimum atomic E-state index is -0.0158. The molecule has 0 spiro atoms. The summed E-state index contributed by atoms with van der Waals surface area (Å²) >= 11 is 6.15. The van der Waals surface area contributed by atoms with E-state index in [1.54, 1.807) is 18.2 Å². The van der Waals surface area contributed by atoms with E-state index in [1.165, 1.54) is 5.56 Å². The molecule has 0 unspecified atom stereocenters. The van der Waals surface area contributed by atoms with Gasteiger partial charge in [0.25, 0.3) is 0 Å². The molecule has 0 saturated heterocycles. The summed E-state index contributed by atoms with van der Waals surface area (Å²) in [5.74, 6) is 1.25. The van der Waals surface area contributed by atoms with Crippen molar-refractivity contribution >= 4 is 17.4 Å². The minimum absolute atomic E-state index is 0.0158. The number of ether oxygens (including phenoxy) is 1. The van der Waals surface area contributed by atoms with Gasteiger partial charge in [0, 0.05) is 5.56 Å². The first kappa shape index (κ1) is 15.4. The zero-order chi connectivity index (χ0) is 15.6. The lowest BCUT2D eigenvalue weighted by Crippen LogP contribution is -2.10. The summed E-state index contributed by atoms with van der Waals surface area (Å²) in [6, 6.07) is 13.0. The predicted molar refractivity (Wildman–Crippen MR) is 87.7 cm³/mol. The number of benzene rings is 2. The topological polar surface area (TPSA) is 59.1 Å². The van der Waals surface area contributed by atoms with E-state index >= 15 is 0 Å². The summed E-state index contributed by atoms with van der Waals surface area (Å²) < 4.78 is 5.77. The number of rotatable bonds is 3. The molecule has 0 amide bonds. The van der Waals surface area contributed by atoms with Gasteiger partial charge in [-0.2, -0.15) is 0 Å². The fourth-order valence-corrected chi connectivity index (χ4v) is 2.12. The van der Waals surface area contributed by atoms with Crippen LogP contribution in [0.1, 0.15) is 31.9 Å². The Kier molecular flexibility index (Phi) is 4.24. The van der Waals surface area contributed by atoms with E-state index < -0.39 is 0 Å². The highest BCUT2D eigenvalue weighted by molar-refractivity contribution is 6.32. The maximum Gasteiger partial charge on any atom is 0.146 e. The van der Waals surface area contributed by atoms with E-state index in [9.17, 15) is 0 Å². The summed E-state index contributed by atoms with van der Waals surface area (Å²) in [6.45, 7) is 6.50. The van der Waals surface area contributed by atoms with Crippen LogP contribution in [0.15, 0.2) is 42.5 Å². The molecule has 0 radical (unpaired) electrons. The van der Waals surface area contributed by atoms with Crippen molar-refractivity contribution in [1.29, 1.82) is 5.41 Å². The van der Waals surface area contributed by atoms with Crippen molar-refractivity contribution in [3.8, 4) is 11.5 Å². The van der Waals surface area contributed by atoms with Crippen molar-refractivity contribution in [2.75, 3.05) is 0 Å². The normalized spacial score (nSPS) is 11.2. The second-order valence-corrected chi connectivity index (χ2v) is 6.34. The number of hydrogen-bond donors (Lipinski definition) is 2. The lowest BCUT2D eigenvalue weighted by molar-refractivity contribution is 0.481. The molecule has 0 aromatic heterocycles. The van der Waals surface area contributed by atoms with E-state index in [1.807, 2.05) is 24.3 Å². The number of nitrogens with one attached hydrogen (secondary N) is 1. The summed E-state index contributed by atoms with van der Waals surface area (Å²) in [6.07, 6.45) is 0. The van der Waals surface area contributed by atoms with Crippen molar-refractivity contribution in [2.24, 2.45) is 5.73 Å². The van der Waals surface area contributed by atoms with E-state index in [0.717, 1.165) is 5.75 Å². The van der Waals surface area contributed by atoms with Crippen molar-refractivity contribution in [2.45, 2.75) is 26.2 Å². The molecule has 0 saturated carbocycles. The second kappa shape index (κ2) is 5.78. The first-order chi connectivity index (χ1) is 9.77. The molecule has 2 aromatic rings. The summed E-state index contributed by atoms with van der Waals surface area (Å²) in [7, 11) is 0. The molecule has 0 heterocycles. The molecular formula is C17H19ClN2O. The molecule has 0 aliphatic carbocycles. The molecular weight excluding hydrogens is 284 g/mol. The van der Waals surface area contributed by atoms with Gasteiger partial charge < -0.3 is 10.5 Å². The highest BCUT2D eigenvalue weighted by Crippen LogP contribution is 2.31. The van der Waals surface area contributed by atoms with Crippen molar-refractivity contribution in [3.05, 3.63) is 58.6 Å². The number of amidine groups is 1. The summed E-state index contributed by atoms with van der Waals surface area (Å²) in [5.41, 5.74) is 7.36. The zero-order valence-corrected chi connectivity index (χ0v) is 13.2. The molecule has 3 nitrogen and oxygen atoms in total. The molecule has 0 aliphatic rings. The summed E-state index contributed by atoms with van der Waals surface area (Å²) in [4.78, 5) is 0. The molecule has 0 fully saturated rings. The van der Waals surface area contributed by atoms with Crippen LogP contribution in [0.2, 0.25) is 5.02 Å². The Labute approximate surface area is 130 Å². The second-order valence-electron chi connectivity index (χ2n) is 5.94. The predicted octanol–water partition coefficient (Wildman–Crippen LogP) is 4.71. The van der Waals surface area contributed by atoms with Crippen LogP contribution in [0.25, 0.3) is 0 Å². The van der Waals surface area contributed by atoms with Gasteiger partial charge in [0.2, 0.25) is 0 Å². The highest BCUT2D eigenvalue weighted by Gasteiger charge is 2.13. The van der Waals surface area contributed by atoms with Crippen LogP contribution >= 0.6 is 11.6 Å². The molecule has 4 heteroatoms. The van der Waals surface area contributed by atoms with Crippen molar-refractivity contribution in [3.63, 3.8) is 0 Å². The minimum Gasteiger partial charge on any atom is -0.456 e. The number of halogens is 1. The summed E-state index contributed by atoms with van der Waals surface area (Å²) in [5, 5.41) is 7.82. The van der Waals surface area contributed by atoms with Crippen LogP contribution in [0, 0.1) is 5.41 Å². The van der Waals surface area contributed by atoms with Gasteiger partial charge in [-0.3, -0.25) is 5.41 Å². The van der Waals surface area contributed by atoms with Crippen LogP contribution in [0.4, 0.5) is 0 Å². The molecule has 3 N–H and O–H groups in total. The first-order valence-corrected chi connectivity index (χ1v) is 7.07.